The third kappa shape index (κ3) is 3.71. The van der Waals surface area contributed by atoms with Gasteiger partial charge in [0.05, 0.1) is 24.4 Å². The Labute approximate surface area is 188 Å². The lowest BCUT2D eigenvalue weighted by Crippen LogP contribution is -2.29. The van der Waals surface area contributed by atoms with E-state index < -0.39 is 17.7 Å². The van der Waals surface area contributed by atoms with Gasteiger partial charge in [0, 0.05) is 15.5 Å². The summed E-state index contributed by atoms with van der Waals surface area (Å²) in [6.07, 6.45) is 0. The highest BCUT2D eigenvalue weighted by Gasteiger charge is 2.48. The lowest BCUT2D eigenvalue weighted by atomic mass is 9.95. The molecule has 1 saturated heterocycles. The van der Waals surface area contributed by atoms with Crippen LogP contribution in [-0.4, -0.2) is 28.9 Å². The normalized spacial score (nSPS) is 17.9. The SMILES string of the molecule is COc1ccc(C(O)=C2C(=O)C(=O)N(c3nc(C)c(C)s3)[C@H]2c2cccc(Cl)c2)cc1. The number of hydrogen-bond donors (Lipinski definition) is 1. The van der Waals surface area contributed by atoms with Gasteiger partial charge < -0.3 is 9.84 Å². The molecule has 1 aliphatic rings. The van der Waals surface area contributed by atoms with E-state index in [0.29, 0.717) is 27.0 Å². The maximum atomic E-state index is 13.1. The smallest absolute Gasteiger partial charge is 0.301 e. The van der Waals surface area contributed by atoms with Crippen LogP contribution in [0.15, 0.2) is 54.1 Å². The minimum atomic E-state index is -0.856. The van der Waals surface area contributed by atoms with Crippen LogP contribution < -0.4 is 9.64 Å². The topological polar surface area (TPSA) is 79.7 Å². The van der Waals surface area contributed by atoms with Gasteiger partial charge in [-0.3, -0.25) is 14.5 Å². The lowest BCUT2D eigenvalue weighted by Gasteiger charge is -2.23. The van der Waals surface area contributed by atoms with Crippen LogP contribution in [0.1, 0.15) is 27.7 Å². The fourth-order valence-corrected chi connectivity index (χ4v) is 4.62. The number of aromatic nitrogens is 1. The molecule has 1 atom stereocenters. The average Bonchev–Trinajstić information content (AvgIpc) is 3.23. The first-order valence-corrected chi connectivity index (χ1v) is 10.7. The van der Waals surface area contributed by atoms with Crippen LogP contribution in [0.4, 0.5) is 5.13 Å². The highest BCUT2D eigenvalue weighted by Crippen LogP contribution is 2.44. The van der Waals surface area contributed by atoms with E-state index in [1.54, 1.807) is 48.5 Å². The molecular formula is C23H19ClN2O4S. The van der Waals surface area contributed by atoms with Gasteiger partial charge in [-0.2, -0.15) is 0 Å². The van der Waals surface area contributed by atoms with Crippen molar-refractivity contribution >= 4 is 45.5 Å². The van der Waals surface area contributed by atoms with Gasteiger partial charge in [-0.05, 0) is 55.8 Å². The second-order valence-corrected chi connectivity index (χ2v) is 8.71. The molecule has 8 heteroatoms. The predicted octanol–water partition coefficient (Wildman–Crippen LogP) is 5.05. The Kier molecular flexibility index (Phi) is 5.56. The molecule has 0 radical (unpaired) electrons. The fourth-order valence-electron chi connectivity index (χ4n) is 3.49. The molecule has 3 aromatic rings. The Morgan fingerprint density at radius 3 is 2.45 bits per heavy atom. The number of aliphatic hydroxyl groups excluding tert-OH is 1. The number of Topliss-reactive ketones (excluding diaryl/α,β-unsaturated/α-hetero) is 1. The van der Waals surface area contributed by atoms with E-state index in [4.69, 9.17) is 16.3 Å². The van der Waals surface area contributed by atoms with Crippen molar-refractivity contribution in [2.75, 3.05) is 12.0 Å². The van der Waals surface area contributed by atoms with Gasteiger partial charge in [0.1, 0.15) is 11.5 Å². The quantitative estimate of drug-likeness (QED) is 0.339. The Bertz CT molecular complexity index is 1200. The number of carbonyl (C=O) groups is 2. The zero-order valence-electron chi connectivity index (χ0n) is 17.0. The van der Waals surface area contributed by atoms with Gasteiger partial charge in [0.25, 0.3) is 5.78 Å². The molecule has 1 N–H and O–H groups in total. The van der Waals surface area contributed by atoms with Gasteiger partial charge in [0.15, 0.2) is 5.13 Å². The molecular weight excluding hydrogens is 436 g/mol. The number of methoxy groups -OCH3 is 1. The number of aliphatic hydroxyl groups is 1. The van der Waals surface area contributed by atoms with Crippen LogP contribution >= 0.6 is 22.9 Å². The summed E-state index contributed by atoms with van der Waals surface area (Å²) in [6.45, 7) is 3.75. The van der Waals surface area contributed by atoms with Crippen molar-refractivity contribution in [3.8, 4) is 5.75 Å². The number of carbonyl (C=O) groups excluding carboxylic acids is 2. The molecule has 0 aliphatic carbocycles. The molecule has 1 aliphatic heterocycles. The Morgan fingerprint density at radius 2 is 1.87 bits per heavy atom. The van der Waals surface area contributed by atoms with Gasteiger partial charge >= 0.3 is 5.91 Å². The van der Waals surface area contributed by atoms with Crippen LogP contribution in [0.3, 0.4) is 0 Å². The van der Waals surface area contributed by atoms with Crippen molar-refractivity contribution in [2.45, 2.75) is 19.9 Å². The van der Waals surface area contributed by atoms with Crippen LogP contribution in [0.2, 0.25) is 5.02 Å². The zero-order valence-corrected chi connectivity index (χ0v) is 18.6. The molecule has 6 nitrogen and oxygen atoms in total. The summed E-state index contributed by atoms with van der Waals surface area (Å²) in [4.78, 5) is 32.9. The summed E-state index contributed by atoms with van der Waals surface area (Å²) in [5.41, 5.74) is 1.77. The minimum absolute atomic E-state index is 0.0112. The van der Waals surface area contributed by atoms with E-state index in [0.717, 1.165) is 10.6 Å². The number of thiazole rings is 1. The first-order chi connectivity index (χ1) is 14.8. The number of ether oxygens (including phenoxy) is 1. The molecule has 2 heterocycles. The first kappa shape index (κ1) is 21.1. The first-order valence-electron chi connectivity index (χ1n) is 9.46. The van der Waals surface area contributed by atoms with Gasteiger partial charge in [0.2, 0.25) is 0 Å². The maximum Gasteiger partial charge on any atom is 0.301 e. The minimum Gasteiger partial charge on any atom is -0.507 e. The van der Waals surface area contributed by atoms with Crippen LogP contribution in [-0.2, 0) is 9.59 Å². The number of halogens is 1. The summed E-state index contributed by atoms with van der Waals surface area (Å²) in [7, 11) is 1.54. The Morgan fingerprint density at radius 1 is 1.16 bits per heavy atom. The third-order valence-electron chi connectivity index (χ3n) is 5.20. The monoisotopic (exact) mass is 454 g/mol. The van der Waals surface area contributed by atoms with Crippen molar-refractivity contribution in [2.24, 2.45) is 0 Å². The number of rotatable bonds is 4. The second kappa shape index (κ2) is 8.17. The van der Waals surface area contributed by atoms with Crippen molar-refractivity contribution in [1.29, 1.82) is 0 Å². The van der Waals surface area contributed by atoms with E-state index in [1.165, 1.54) is 23.3 Å². The second-order valence-electron chi connectivity index (χ2n) is 7.09. The molecule has 1 aromatic heterocycles. The van der Waals surface area contributed by atoms with Crippen molar-refractivity contribution in [3.63, 3.8) is 0 Å². The lowest BCUT2D eigenvalue weighted by molar-refractivity contribution is -0.132. The average molecular weight is 455 g/mol. The van der Waals surface area contributed by atoms with E-state index >= 15 is 0 Å². The number of aryl methyl sites for hydroxylation is 2. The van der Waals surface area contributed by atoms with E-state index in [9.17, 15) is 14.7 Å². The number of benzene rings is 2. The predicted molar refractivity (Wildman–Crippen MR) is 121 cm³/mol. The van der Waals surface area contributed by atoms with Crippen molar-refractivity contribution < 1.29 is 19.4 Å². The number of anilines is 1. The zero-order chi connectivity index (χ0) is 22.3. The largest absolute Gasteiger partial charge is 0.507 e. The molecule has 2 aromatic carbocycles. The molecule has 1 amide bonds. The van der Waals surface area contributed by atoms with Crippen molar-refractivity contribution in [1.82, 2.24) is 4.98 Å². The summed E-state index contributed by atoms with van der Waals surface area (Å²) in [5.74, 6) is -1.17. The van der Waals surface area contributed by atoms with Crippen LogP contribution in [0.25, 0.3) is 5.76 Å². The number of nitrogens with zero attached hydrogens (tertiary/aromatic N) is 2. The van der Waals surface area contributed by atoms with Gasteiger partial charge in [-0.25, -0.2) is 4.98 Å². The summed E-state index contributed by atoms with van der Waals surface area (Å²) < 4.78 is 5.16. The number of hydrogen-bond acceptors (Lipinski definition) is 6. The summed E-state index contributed by atoms with van der Waals surface area (Å²) in [5, 5.41) is 11.9. The van der Waals surface area contributed by atoms with Gasteiger partial charge in [-0.15, -0.1) is 11.3 Å². The van der Waals surface area contributed by atoms with Crippen molar-refractivity contribution in [3.05, 3.63) is 80.8 Å². The highest BCUT2D eigenvalue weighted by atomic mass is 35.5. The molecule has 0 bridgehead atoms. The molecule has 0 spiro atoms. The third-order valence-corrected chi connectivity index (χ3v) is 6.50. The molecule has 0 saturated carbocycles. The maximum absolute atomic E-state index is 13.1. The van der Waals surface area contributed by atoms with E-state index in [-0.39, 0.29) is 11.3 Å². The van der Waals surface area contributed by atoms with E-state index in [2.05, 4.69) is 4.98 Å². The van der Waals surface area contributed by atoms with Gasteiger partial charge in [-0.1, -0.05) is 23.7 Å². The van der Waals surface area contributed by atoms with Crippen LogP contribution in [0, 0.1) is 13.8 Å². The molecule has 31 heavy (non-hydrogen) atoms. The molecule has 4 rings (SSSR count). The van der Waals surface area contributed by atoms with E-state index in [1.807, 2.05) is 13.8 Å². The Balaban J connectivity index is 1.93. The summed E-state index contributed by atoms with van der Waals surface area (Å²) in [6, 6.07) is 12.7. The molecule has 1 fully saturated rings. The highest BCUT2D eigenvalue weighted by molar-refractivity contribution is 7.16. The molecule has 0 unspecified atom stereocenters. The van der Waals surface area contributed by atoms with Crippen LogP contribution in [0.5, 0.6) is 5.75 Å². The Hall–Kier alpha value is -3.16. The standard InChI is InChI=1S/C23H19ClN2O4S/c1-12-13(2)31-23(25-12)26-19(15-5-4-6-16(24)11-15)18(21(28)22(26)29)20(27)14-7-9-17(30-3)10-8-14/h4-11,19,27H,1-3H3/t19-/m0/s1. The number of ketones is 1. The number of amides is 1. The molecule has 158 valence electrons. The fraction of sp³-hybridized carbons (Fsp3) is 0.174. The summed E-state index contributed by atoms with van der Waals surface area (Å²) >= 11 is 7.53.